The predicted molar refractivity (Wildman–Crippen MR) is 182 cm³/mol. The molecule has 1 aliphatic heterocycles. The summed E-state index contributed by atoms with van der Waals surface area (Å²) < 4.78 is 53.1. The Kier molecular flexibility index (Phi) is 9.01. The second-order valence-electron chi connectivity index (χ2n) is 11.3. The summed E-state index contributed by atoms with van der Waals surface area (Å²) in [4.78, 5) is -0.147. The van der Waals surface area contributed by atoms with Crippen molar-refractivity contribution in [3.63, 3.8) is 0 Å². The first-order chi connectivity index (χ1) is 22.2. The van der Waals surface area contributed by atoms with Gasteiger partial charge in [0.1, 0.15) is 27.9 Å². The third kappa shape index (κ3) is 6.73. The molecule has 0 saturated heterocycles. The largest absolute Gasteiger partial charge is 0.494 e. The van der Waals surface area contributed by atoms with Crippen molar-refractivity contribution in [2.75, 3.05) is 18.5 Å². The second-order valence-corrected chi connectivity index (χ2v) is 12.7. The molecule has 0 fully saturated rings. The van der Waals surface area contributed by atoms with Gasteiger partial charge >= 0.3 is 0 Å². The molecule has 6 rings (SSSR count). The van der Waals surface area contributed by atoms with Crippen molar-refractivity contribution in [2.45, 2.75) is 38.5 Å². The Morgan fingerprint density at radius 1 is 0.783 bits per heavy atom. The minimum Gasteiger partial charge on any atom is -0.494 e. The lowest BCUT2D eigenvalue weighted by atomic mass is 9.81. The van der Waals surface area contributed by atoms with Gasteiger partial charge in [0.25, 0.3) is 10.1 Å². The molecule has 4 aromatic carbocycles. The summed E-state index contributed by atoms with van der Waals surface area (Å²) in [7, 11) is -4.50. The van der Waals surface area contributed by atoms with Gasteiger partial charge in [0.2, 0.25) is 0 Å². The maximum atomic E-state index is 12.5. The lowest BCUT2D eigenvalue weighted by Crippen LogP contribution is -2.18. The van der Waals surface area contributed by atoms with Gasteiger partial charge in [0.05, 0.1) is 13.2 Å². The van der Waals surface area contributed by atoms with Crippen molar-refractivity contribution in [3.05, 3.63) is 137 Å². The standard InChI is InChI=1S/C38H37NO6S/c1-4-43-30-17-12-26(13-18-30)10-11-27-22-25(3)37-35(23-27)45-34-24-29(39-28-14-19-31(20-15-28)44-5-2)16-21-32(34)38(37)33-8-6-7-9-36(33)46(40,41)42/h6-9,12-24,27,39H,4-5,10-11H2,1-3H3,(H,40,41,42). The SMILES string of the molecule is CCOc1ccc(CCC2C=C(C)C3=C(c4ccccc4S(=O)(=O)O)c4ccc(Nc5ccc(OCC)cc5)cc4OC3=C2)cc1. The molecule has 1 unspecified atom stereocenters. The van der Waals surface area contributed by atoms with Crippen molar-refractivity contribution in [1.82, 2.24) is 0 Å². The molecule has 2 aliphatic rings. The van der Waals surface area contributed by atoms with Crippen LogP contribution in [-0.4, -0.2) is 26.2 Å². The summed E-state index contributed by atoms with van der Waals surface area (Å²) in [6, 6.07) is 28.2. The van der Waals surface area contributed by atoms with Gasteiger partial charge in [0, 0.05) is 39.7 Å². The van der Waals surface area contributed by atoms with E-state index in [1.807, 2.05) is 75.4 Å². The average Bonchev–Trinajstić information content (AvgIpc) is 3.04. The van der Waals surface area contributed by atoms with Gasteiger partial charge in [-0.1, -0.05) is 36.4 Å². The zero-order valence-electron chi connectivity index (χ0n) is 26.1. The van der Waals surface area contributed by atoms with E-state index >= 15 is 0 Å². The molecule has 236 valence electrons. The van der Waals surface area contributed by atoms with E-state index in [2.05, 4.69) is 29.6 Å². The van der Waals surface area contributed by atoms with Gasteiger partial charge in [-0.2, -0.15) is 8.42 Å². The fourth-order valence-corrected chi connectivity index (χ4v) is 6.74. The molecule has 0 spiro atoms. The average molecular weight is 636 g/mol. The summed E-state index contributed by atoms with van der Waals surface area (Å²) in [6.07, 6.45) is 6.06. The Balaban J connectivity index is 1.38. The first kappa shape index (κ1) is 31.2. The number of rotatable bonds is 11. The molecular formula is C38H37NO6S. The molecule has 0 amide bonds. The predicted octanol–water partition coefficient (Wildman–Crippen LogP) is 8.76. The first-order valence-electron chi connectivity index (χ1n) is 15.5. The van der Waals surface area contributed by atoms with E-state index in [1.165, 1.54) is 11.6 Å². The van der Waals surface area contributed by atoms with Crippen molar-refractivity contribution in [1.29, 1.82) is 0 Å². The number of anilines is 2. The molecule has 1 atom stereocenters. The van der Waals surface area contributed by atoms with Crippen LogP contribution in [0.25, 0.3) is 5.57 Å². The van der Waals surface area contributed by atoms with E-state index in [1.54, 1.807) is 18.2 Å². The maximum Gasteiger partial charge on any atom is 0.295 e. The number of ether oxygens (including phenoxy) is 3. The van der Waals surface area contributed by atoms with Crippen molar-refractivity contribution >= 4 is 27.1 Å². The molecule has 2 N–H and O–H groups in total. The highest BCUT2D eigenvalue weighted by molar-refractivity contribution is 7.86. The molecule has 0 bridgehead atoms. The topological polar surface area (TPSA) is 94.1 Å². The third-order valence-corrected chi connectivity index (χ3v) is 8.99. The van der Waals surface area contributed by atoms with E-state index in [0.29, 0.717) is 35.9 Å². The summed E-state index contributed by atoms with van der Waals surface area (Å²) in [5.74, 6) is 3.02. The number of hydrogen-bond donors (Lipinski definition) is 2. The second kappa shape index (κ2) is 13.3. The number of allylic oxidation sites excluding steroid dienone is 3. The molecule has 1 heterocycles. The van der Waals surface area contributed by atoms with Gasteiger partial charge in [-0.25, -0.2) is 0 Å². The van der Waals surface area contributed by atoms with Crippen LogP contribution in [0.5, 0.6) is 17.2 Å². The summed E-state index contributed by atoms with van der Waals surface area (Å²) in [5, 5.41) is 3.43. The van der Waals surface area contributed by atoms with E-state index in [4.69, 9.17) is 14.2 Å². The monoisotopic (exact) mass is 635 g/mol. The van der Waals surface area contributed by atoms with Gasteiger partial charge in [-0.05, 0) is 111 Å². The molecule has 0 radical (unpaired) electrons. The van der Waals surface area contributed by atoms with Crippen LogP contribution in [0.2, 0.25) is 0 Å². The fraction of sp³-hybridized carbons (Fsp3) is 0.211. The highest BCUT2D eigenvalue weighted by Gasteiger charge is 2.32. The third-order valence-electron chi connectivity index (χ3n) is 8.08. The normalized spacial score (nSPS) is 15.6. The van der Waals surface area contributed by atoms with Crippen LogP contribution in [-0.2, 0) is 16.5 Å². The van der Waals surface area contributed by atoms with Gasteiger partial charge in [0.15, 0.2) is 0 Å². The van der Waals surface area contributed by atoms with Crippen LogP contribution in [0.3, 0.4) is 0 Å². The summed E-state index contributed by atoms with van der Waals surface area (Å²) in [6.45, 7) is 7.18. The van der Waals surface area contributed by atoms with Gasteiger partial charge < -0.3 is 19.5 Å². The Morgan fingerprint density at radius 2 is 1.43 bits per heavy atom. The highest BCUT2D eigenvalue weighted by Crippen LogP contribution is 2.48. The summed E-state index contributed by atoms with van der Waals surface area (Å²) in [5.41, 5.74) is 6.57. The fourth-order valence-electron chi connectivity index (χ4n) is 6.04. The number of hydrogen-bond acceptors (Lipinski definition) is 6. The van der Waals surface area contributed by atoms with E-state index < -0.39 is 10.1 Å². The Morgan fingerprint density at radius 3 is 2.11 bits per heavy atom. The minimum atomic E-state index is -4.50. The quantitative estimate of drug-likeness (QED) is 0.159. The van der Waals surface area contributed by atoms with Gasteiger partial charge in [-0.3, -0.25) is 4.55 Å². The Hall–Kier alpha value is -4.79. The number of nitrogens with one attached hydrogen (secondary N) is 1. The van der Waals surface area contributed by atoms with Crippen LogP contribution in [0.4, 0.5) is 11.4 Å². The van der Waals surface area contributed by atoms with Crippen molar-refractivity contribution in [2.24, 2.45) is 5.92 Å². The zero-order chi connectivity index (χ0) is 32.3. The van der Waals surface area contributed by atoms with E-state index in [-0.39, 0.29) is 10.8 Å². The highest BCUT2D eigenvalue weighted by atomic mass is 32.2. The number of aryl methyl sites for hydroxylation is 1. The number of fused-ring (bicyclic) bond motifs is 2. The smallest absolute Gasteiger partial charge is 0.295 e. The Labute approximate surface area is 270 Å². The lowest BCUT2D eigenvalue weighted by Gasteiger charge is -2.31. The minimum absolute atomic E-state index is 0.107. The molecule has 46 heavy (non-hydrogen) atoms. The maximum absolute atomic E-state index is 12.5. The lowest BCUT2D eigenvalue weighted by molar-refractivity contribution is 0.340. The van der Waals surface area contributed by atoms with Crippen LogP contribution in [0.15, 0.2) is 125 Å². The van der Waals surface area contributed by atoms with Crippen LogP contribution < -0.4 is 19.5 Å². The van der Waals surface area contributed by atoms with E-state index in [0.717, 1.165) is 52.4 Å². The van der Waals surface area contributed by atoms with Crippen molar-refractivity contribution in [3.8, 4) is 17.2 Å². The molecule has 4 aromatic rings. The zero-order valence-corrected chi connectivity index (χ0v) is 26.9. The molecular weight excluding hydrogens is 598 g/mol. The van der Waals surface area contributed by atoms with Crippen LogP contribution in [0, 0.1) is 5.92 Å². The van der Waals surface area contributed by atoms with Crippen LogP contribution >= 0.6 is 0 Å². The molecule has 7 nitrogen and oxygen atoms in total. The summed E-state index contributed by atoms with van der Waals surface area (Å²) >= 11 is 0. The molecule has 0 aromatic heterocycles. The van der Waals surface area contributed by atoms with Crippen molar-refractivity contribution < 1.29 is 27.2 Å². The van der Waals surface area contributed by atoms with E-state index in [9.17, 15) is 13.0 Å². The first-order valence-corrected chi connectivity index (χ1v) is 16.9. The van der Waals surface area contributed by atoms with Crippen LogP contribution in [0.1, 0.15) is 43.9 Å². The van der Waals surface area contributed by atoms with Gasteiger partial charge in [-0.15, -0.1) is 0 Å². The molecule has 1 aliphatic carbocycles. The molecule has 8 heteroatoms. The Bertz CT molecular complexity index is 1940. The molecule has 0 saturated carbocycles. The number of benzene rings is 4.